The molecular formula is C13H16Br2N2O. The largest absolute Gasteiger partial charge is 0.352 e. The molecule has 1 amide bonds. The second-order valence-electron chi connectivity index (χ2n) is 4.46. The number of carbonyl (C=O) groups excluding carboxylic acids is 1. The van der Waals surface area contributed by atoms with Crippen LogP contribution in [0.3, 0.4) is 0 Å². The van der Waals surface area contributed by atoms with Crippen LogP contribution in [0.4, 0.5) is 0 Å². The van der Waals surface area contributed by atoms with Crippen LogP contribution in [0.15, 0.2) is 27.1 Å². The first-order valence-electron chi connectivity index (χ1n) is 6.13. The highest BCUT2D eigenvalue weighted by Crippen LogP contribution is 2.21. The van der Waals surface area contributed by atoms with Crippen molar-refractivity contribution in [2.24, 2.45) is 0 Å². The zero-order valence-electron chi connectivity index (χ0n) is 10.0. The second-order valence-corrected chi connectivity index (χ2v) is 6.23. The zero-order valence-corrected chi connectivity index (χ0v) is 13.2. The Bertz CT molecular complexity index is 431. The van der Waals surface area contributed by atoms with Gasteiger partial charge >= 0.3 is 0 Å². The molecule has 18 heavy (non-hydrogen) atoms. The Morgan fingerprint density at radius 3 is 2.94 bits per heavy atom. The van der Waals surface area contributed by atoms with Crippen molar-refractivity contribution in [1.29, 1.82) is 0 Å². The van der Waals surface area contributed by atoms with Crippen molar-refractivity contribution < 1.29 is 4.79 Å². The number of rotatable bonds is 4. The summed E-state index contributed by atoms with van der Waals surface area (Å²) in [5.41, 5.74) is 0.678. The fourth-order valence-corrected chi connectivity index (χ4v) is 3.36. The van der Waals surface area contributed by atoms with Gasteiger partial charge in [-0.25, -0.2) is 0 Å². The SMILES string of the molecule is O=C(NCC[C@@H]1CCCN1)c1ccc(Br)cc1Br. The molecule has 1 heterocycles. The van der Waals surface area contributed by atoms with Gasteiger partial charge in [-0.1, -0.05) is 15.9 Å². The quantitative estimate of drug-likeness (QED) is 0.848. The summed E-state index contributed by atoms with van der Waals surface area (Å²) in [7, 11) is 0. The Hall–Kier alpha value is -0.390. The van der Waals surface area contributed by atoms with Crippen LogP contribution in [0.1, 0.15) is 29.6 Å². The van der Waals surface area contributed by atoms with E-state index in [0.29, 0.717) is 11.6 Å². The predicted octanol–water partition coefficient (Wildman–Crippen LogP) is 3.08. The highest BCUT2D eigenvalue weighted by Gasteiger charge is 2.14. The minimum atomic E-state index is -0.0210. The number of halogens is 2. The van der Waals surface area contributed by atoms with Crippen LogP contribution >= 0.6 is 31.9 Å². The molecule has 0 aromatic heterocycles. The van der Waals surface area contributed by atoms with Crippen LogP contribution < -0.4 is 10.6 Å². The first-order valence-corrected chi connectivity index (χ1v) is 7.72. The fourth-order valence-electron chi connectivity index (χ4n) is 2.13. The molecule has 2 N–H and O–H groups in total. The number of amides is 1. The van der Waals surface area contributed by atoms with Gasteiger partial charge in [0.1, 0.15) is 0 Å². The van der Waals surface area contributed by atoms with E-state index in [-0.39, 0.29) is 5.91 Å². The molecule has 0 bridgehead atoms. The van der Waals surface area contributed by atoms with Crippen molar-refractivity contribution >= 4 is 37.8 Å². The highest BCUT2D eigenvalue weighted by molar-refractivity contribution is 9.11. The van der Waals surface area contributed by atoms with Gasteiger partial charge in [0.05, 0.1) is 5.56 Å². The van der Waals surface area contributed by atoms with E-state index in [0.717, 1.165) is 28.5 Å². The van der Waals surface area contributed by atoms with Gasteiger partial charge in [-0.2, -0.15) is 0 Å². The van der Waals surface area contributed by atoms with E-state index >= 15 is 0 Å². The average molecular weight is 376 g/mol. The van der Waals surface area contributed by atoms with Crippen LogP contribution in [-0.4, -0.2) is 25.0 Å². The molecule has 1 aliphatic rings. The minimum absolute atomic E-state index is 0.0210. The Morgan fingerprint density at radius 2 is 2.28 bits per heavy atom. The normalized spacial score (nSPS) is 18.9. The number of carbonyl (C=O) groups is 1. The molecule has 1 aliphatic heterocycles. The van der Waals surface area contributed by atoms with Crippen molar-refractivity contribution in [2.45, 2.75) is 25.3 Å². The van der Waals surface area contributed by atoms with Crippen LogP contribution in [0, 0.1) is 0 Å². The molecule has 2 rings (SSSR count). The van der Waals surface area contributed by atoms with E-state index < -0.39 is 0 Å². The highest BCUT2D eigenvalue weighted by atomic mass is 79.9. The lowest BCUT2D eigenvalue weighted by molar-refractivity contribution is 0.0951. The van der Waals surface area contributed by atoms with Gasteiger partial charge in [0.15, 0.2) is 0 Å². The summed E-state index contributed by atoms with van der Waals surface area (Å²) in [5.74, 6) is -0.0210. The number of benzene rings is 1. The number of nitrogens with one attached hydrogen (secondary N) is 2. The molecule has 0 unspecified atom stereocenters. The van der Waals surface area contributed by atoms with Gasteiger partial charge in [-0.05, 0) is 59.9 Å². The lowest BCUT2D eigenvalue weighted by Gasteiger charge is -2.11. The van der Waals surface area contributed by atoms with E-state index in [1.807, 2.05) is 18.2 Å². The first-order chi connectivity index (χ1) is 8.66. The monoisotopic (exact) mass is 374 g/mol. The molecule has 1 aromatic rings. The molecule has 1 saturated heterocycles. The summed E-state index contributed by atoms with van der Waals surface area (Å²) in [6.45, 7) is 1.83. The summed E-state index contributed by atoms with van der Waals surface area (Å²) >= 11 is 6.78. The van der Waals surface area contributed by atoms with Gasteiger partial charge in [0.2, 0.25) is 0 Å². The molecule has 1 fully saturated rings. The summed E-state index contributed by atoms with van der Waals surface area (Å²) < 4.78 is 1.77. The lowest BCUT2D eigenvalue weighted by atomic mass is 10.1. The molecule has 0 radical (unpaired) electrons. The molecule has 98 valence electrons. The van der Waals surface area contributed by atoms with Crippen LogP contribution in [0.25, 0.3) is 0 Å². The zero-order chi connectivity index (χ0) is 13.0. The van der Waals surface area contributed by atoms with Crippen molar-refractivity contribution in [1.82, 2.24) is 10.6 Å². The van der Waals surface area contributed by atoms with Crippen molar-refractivity contribution in [2.75, 3.05) is 13.1 Å². The van der Waals surface area contributed by atoms with E-state index in [2.05, 4.69) is 42.5 Å². The fraction of sp³-hybridized carbons (Fsp3) is 0.462. The van der Waals surface area contributed by atoms with Crippen LogP contribution in [0.2, 0.25) is 0 Å². The third-order valence-electron chi connectivity index (χ3n) is 3.12. The molecule has 0 saturated carbocycles. The summed E-state index contributed by atoms with van der Waals surface area (Å²) in [5, 5.41) is 6.38. The molecule has 3 nitrogen and oxygen atoms in total. The molecular weight excluding hydrogens is 360 g/mol. The van der Waals surface area contributed by atoms with Gasteiger partial charge in [-0.3, -0.25) is 4.79 Å². The average Bonchev–Trinajstić information content (AvgIpc) is 2.81. The Balaban J connectivity index is 1.83. The smallest absolute Gasteiger partial charge is 0.252 e. The second kappa shape index (κ2) is 6.68. The predicted molar refractivity (Wildman–Crippen MR) is 79.8 cm³/mol. The number of hydrogen-bond donors (Lipinski definition) is 2. The molecule has 5 heteroatoms. The number of hydrogen-bond acceptors (Lipinski definition) is 2. The van der Waals surface area contributed by atoms with Gasteiger partial charge in [0, 0.05) is 21.5 Å². The maximum atomic E-state index is 12.0. The van der Waals surface area contributed by atoms with E-state index in [4.69, 9.17) is 0 Å². The van der Waals surface area contributed by atoms with Crippen molar-refractivity contribution in [3.05, 3.63) is 32.7 Å². The molecule has 1 atom stereocenters. The van der Waals surface area contributed by atoms with Crippen LogP contribution in [0.5, 0.6) is 0 Å². The molecule has 0 spiro atoms. The Kier molecular flexibility index (Phi) is 5.21. The van der Waals surface area contributed by atoms with E-state index in [9.17, 15) is 4.79 Å². The third-order valence-corrected chi connectivity index (χ3v) is 4.27. The Morgan fingerprint density at radius 1 is 1.44 bits per heavy atom. The maximum Gasteiger partial charge on any atom is 0.252 e. The first kappa shape index (κ1) is 14.0. The molecule has 0 aliphatic carbocycles. The van der Waals surface area contributed by atoms with Crippen LogP contribution in [-0.2, 0) is 0 Å². The van der Waals surface area contributed by atoms with E-state index in [1.165, 1.54) is 12.8 Å². The van der Waals surface area contributed by atoms with Gasteiger partial charge in [0.25, 0.3) is 5.91 Å². The van der Waals surface area contributed by atoms with Crippen molar-refractivity contribution in [3.63, 3.8) is 0 Å². The van der Waals surface area contributed by atoms with E-state index in [1.54, 1.807) is 0 Å². The maximum absolute atomic E-state index is 12.0. The summed E-state index contributed by atoms with van der Waals surface area (Å²) in [6.07, 6.45) is 3.47. The molecule has 1 aromatic carbocycles. The van der Waals surface area contributed by atoms with Gasteiger partial charge in [-0.15, -0.1) is 0 Å². The minimum Gasteiger partial charge on any atom is -0.352 e. The lowest BCUT2D eigenvalue weighted by Crippen LogP contribution is -2.30. The standard InChI is InChI=1S/C13H16Br2N2O/c14-9-3-4-11(12(15)8-9)13(18)17-7-5-10-2-1-6-16-10/h3-4,8,10,16H,1-2,5-7H2,(H,17,18)/t10-/m0/s1. The summed E-state index contributed by atoms with van der Waals surface area (Å²) in [4.78, 5) is 12.0. The van der Waals surface area contributed by atoms with Crippen molar-refractivity contribution in [3.8, 4) is 0 Å². The topological polar surface area (TPSA) is 41.1 Å². The van der Waals surface area contributed by atoms with Gasteiger partial charge < -0.3 is 10.6 Å². The Labute approximate surface area is 124 Å². The third kappa shape index (κ3) is 3.80. The summed E-state index contributed by atoms with van der Waals surface area (Å²) in [6, 6.07) is 6.14.